The quantitative estimate of drug-likeness (QED) is 0.820. The molecular formula is C21H24FNO2. The molecule has 132 valence electrons. The lowest BCUT2D eigenvalue weighted by Crippen LogP contribution is -2.35. The highest BCUT2D eigenvalue weighted by Gasteiger charge is 2.44. The molecule has 3 rings (SSSR count). The van der Waals surface area contributed by atoms with E-state index in [1.807, 2.05) is 24.3 Å². The maximum absolute atomic E-state index is 13.1. The van der Waals surface area contributed by atoms with E-state index < -0.39 is 0 Å². The third-order valence-electron chi connectivity index (χ3n) is 4.85. The fraction of sp³-hybridized carbons (Fsp3) is 0.381. The Morgan fingerprint density at radius 1 is 1.12 bits per heavy atom. The van der Waals surface area contributed by atoms with Gasteiger partial charge in [-0.15, -0.1) is 0 Å². The summed E-state index contributed by atoms with van der Waals surface area (Å²) in [5.41, 5.74) is 2.29. The van der Waals surface area contributed by atoms with Crippen molar-refractivity contribution >= 4 is 5.91 Å². The predicted octanol–water partition coefficient (Wildman–Crippen LogP) is 4.18. The summed E-state index contributed by atoms with van der Waals surface area (Å²) >= 11 is 0. The Balaban J connectivity index is 1.47. The lowest BCUT2D eigenvalue weighted by Gasteiger charge is -2.17. The van der Waals surface area contributed by atoms with Gasteiger partial charge in [0.2, 0.25) is 0 Å². The summed E-state index contributed by atoms with van der Waals surface area (Å²) in [6, 6.07) is 14.4. The molecule has 0 radical (unpaired) electrons. The second kappa shape index (κ2) is 7.26. The maximum Gasteiger partial charge on any atom is 0.257 e. The van der Waals surface area contributed by atoms with Gasteiger partial charge in [0.15, 0.2) is 6.61 Å². The summed E-state index contributed by atoms with van der Waals surface area (Å²) in [5.74, 6) is 0.791. The van der Waals surface area contributed by atoms with Crippen molar-refractivity contribution in [3.63, 3.8) is 0 Å². The van der Waals surface area contributed by atoms with Crippen molar-refractivity contribution in [3.05, 3.63) is 65.5 Å². The van der Waals surface area contributed by atoms with Crippen LogP contribution in [-0.2, 0) is 10.2 Å². The van der Waals surface area contributed by atoms with Crippen LogP contribution >= 0.6 is 0 Å². The molecule has 0 saturated heterocycles. The van der Waals surface area contributed by atoms with Gasteiger partial charge in [-0.05, 0) is 54.2 Å². The molecule has 0 spiro atoms. The van der Waals surface area contributed by atoms with Crippen LogP contribution in [0.25, 0.3) is 0 Å². The number of amides is 1. The molecule has 25 heavy (non-hydrogen) atoms. The van der Waals surface area contributed by atoms with E-state index in [-0.39, 0.29) is 23.7 Å². The highest BCUT2D eigenvalue weighted by Crippen LogP contribution is 2.47. The number of nitrogens with one attached hydrogen (secondary N) is 1. The zero-order valence-electron chi connectivity index (χ0n) is 14.7. The van der Waals surface area contributed by atoms with E-state index in [0.717, 1.165) is 18.4 Å². The Bertz CT molecular complexity index is 719. The number of halogens is 1. The van der Waals surface area contributed by atoms with Gasteiger partial charge in [0.05, 0.1) is 0 Å². The van der Waals surface area contributed by atoms with Crippen molar-refractivity contribution < 1.29 is 13.9 Å². The molecule has 0 aromatic heterocycles. The Morgan fingerprint density at radius 3 is 2.32 bits per heavy atom. The molecule has 0 bridgehead atoms. The molecule has 2 aromatic carbocycles. The molecule has 0 aliphatic heterocycles. The van der Waals surface area contributed by atoms with Crippen LogP contribution < -0.4 is 10.1 Å². The Morgan fingerprint density at radius 2 is 1.76 bits per heavy atom. The van der Waals surface area contributed by atoms with Gasteiger partial charge in [-0.2, -0.15) is 0 Å². The molecule has 3 nitrogen and oxygen atoms in total. The molecule has 0 unspecified atom stereocenters. The molecule has 0 atom stereocenters. The maximum atomic E-state index is 13.1. The number of rotatable bonds is 7. The van der Waals surface area contributed by atoms with E-state index in [9.17, 15) is 9.18 Å². The molecule has 1 amide bonds. The zero-order valence-corrected chi connectivity index (χ0v) is 14.7. The van der Waals surface area contributed by atoms with Crippen LogP contribution in [0.2, 0.25) is 0 Å². The molecule has 0 heterocycles. The van der Waals surface area contributed by atoms with Crippen LogP contribution in [0.15, 0.2) is 48.5 Å². The lowest BCUT2D eigenvalue weighted by molar-refractivity contribution is -0.123. The highest BCUT2D eigenvalue weighted by molar-refractivity contribution is 5.77. The van der Waals surface area contributed by atoms with Crippen molar-refractivity contribution in [2.24, 2.45) is 0 Å². The summed E-state index contributed by atoms with van der Waals surface area (Å²) in [4.78, 5) is 12.1. The number of hydrogen-bond acceptors (Lipinski definition) is 2. The minimum atomic E-state index is -0.236. The molecule has 1 aliphatic rings. The summed E-state index contributed by atoms with van der Waals surface area (Å²) < 4.78 is 18.6. The SMILES string of the molecule is CC(C)c1ccc(OCC(=O)NCC2(c3ccc(F)cc3)CC2)cc1. The fourth-order valence-corrected chi connectivity index (χ4v) is 2.94. The van der Waals surface area contributed by atoms with Crippen LogP contribution in [0.5, 0.6) is 5.75 Å². The second-order valence-electron chi connectivity index (χ2n) is 7.08. The van der Waals surface area contributed by atoms with E-state index in [1.54, 1.807) is 12.1 Å². The van der Waals surface area contributed by atoms with Gasteiger partial charge < -0.3 is 10.1 Å². The topological polar surface area (TPSA) is 38.3 Å². The number of hydrogen-bond donors (Lipinski definition) is 1. The van der Waals surface area contributed by atoms with Crippen molar-refractivity contribution in [3.8, 4) is 5.75 Å². The van der Waals surface area contributed by atoms with Crippen molar-refractivity contribution in [2.45, 2.75) is 38.0 Å². The molecule has 1 aliphatic carbocycles. The third-order valence-corrected chi connectivity index (χ3v) is 4.85. The van der Waals surface area contributed by atoms with E-state index in [4.69, 9.17) is 4.74 Å². The first-order valence-corrected chi connectivity index (χ1v) is 8.74. The van der Waals surface area contributed by atoms with Crippen LogP contribution in [0.1, 0.15) is 43.7 Å². The van der Waals surface area contributed by atoms with Crippen molar-refractivity contribution in [1.82, 2.24) is 5.32 Å². The minimum absolute atomic E-state index is 0.000519. The van der Waals surface area contributed by atoms with Gasteiger partial charge >= 0.3 is 0 Å². The number of ether oxygens (including phenoxy) is 1. The van der Waals surface area contributed by atoms with E-state index in [2.05, 4.69) is 19.2 Å². The average molecular weight is 341 g/mol. The fourth-order valence-electron chi connectivity index (χ4n) is 2.94. The Kier molecular flexibility index (Phi) is 5.07. The first-order chi connectivity index (χ1) is 12.0. The monoisotopic (exact) mass is 341 g/mol. The van der Waals surface area contributed by atoms with Crippen molar-refractivity contribution in [1.29, 1.82) is 0 Å². The van der Waals surface area contributed by atoms with Gasteiger partial charge in [-0.1, -0.05) is 38.1 Å². The predicted molar refractivity (Wildman–Crippen MR) is 96.3 cm³/mol. The van der Waals surface area contributed by atoms with Crippen LogP contribution in [0, 0.1) is 5.82 Å². The molecule has 1 N–H and O–H groups in total. The smallest absolute Gasteiger partial charge is 0.257 e. The summed E-state index contributed by atoms with van der Waals surface area (Å²) in [7, 11) is 0. The van der Waals surface area contributed by atoms with E-state index >= 15 is 0 Å². The van der Waals surface area contributed by atoms with E-state index in [0.29, 0.717) is 18.2 Å². The van der Waals surface area contributed by atoms with Gasteiger partial charge in [0.25, 0.3) is 5.91 Å². The molecular weight excluding hydrogens is 317 g/mol. The molecule has 2 aromatic rings. The zero-order chi connectivity index (χ0) is 17.9. The van der Waals surface area contributed by atoms with E-state index in [1.165, 1.54) is 17.7 Å². The summed E-state index contributed by atoms with van der Waals surface area (Å²) in [5, 5.41) is 2.94. The molecule has 1 fully saturated rings. The van der Waals surface area contributed by atoms with Crippen LogP contribution in [-0.4, -0.2) is 19.1 Å². The van der Waals surface area contributed by atoms with Gasteiger partial charge in [-0.25, -0.2) is 4.39 Å². The van der Waals surface area contributed by atoms with Crippen LogP contribution in [0.3, 0.4) is 0 Å². The summed E-state index contributed by atoms with van der Waals surface area (Å²) in [6.45, 7) is 4.84. The first kappa shape index (κ1) is 17.5. The average Bonchev–Trinajstić information content (AvgIpc) is 3.40. The standard InChI is InChI=1S/C21H24FNO2/c1-15(2)16-3-9-19(10-4-16)25-13-20(24)23-14-21(11-12-21)17-5-7-18(22)8-6-17/h3-10,15H,11-14H2,1-2H3,(H,23,24). The largest absolute Gasteiger partial charge is 0.484 e. The highest BCUT2D eigenvalue weighted by atomic mass is 19.1. The molecule has 1 saturated carbocycles. The lowest BCUT2D eigenvalue weighted by atomic mass is 9.96. The van der Waals surface area contributed by atoms with Crippen molar-refractivity contribution in [2.75, 3.05) is 13.2 Å². The third kappa shape index (κ3) is 4.38. The number of benzene rings is 2. The first-order valence-electron chi connectivity index (χ1n) is 8.74. The normalized spacial score (nSPS) is 15.0. The van der Waals surface area contributed by atoms with Gasteiger partial charge in [-0.3, -0.25) is 4.79 Å². The minimum Gasteiger partial charge on any atom is -0.484 e. The Labute approximate surface area is 148 Å². The molecule has 4 heteroatoms. The number of carbonyl (C=O) groups excluding carboxylic acids is 1. The number of carbonyl (C=O) groups is 1. The van der Waals surface area contributed by atoms with Gasteiger partial charge in [0, 0.05) is 12.0 Å². The van der Waals surface area contributed by atoms with Crippen LogP contribution in [0.4, 0.5) is 4.39 Å². The summed E-state index contributed by atoms with van der Waals surface area (Å²) in [6.07, 6.45) is 2.02. The second-order valence-corrected chi connectivity index (χ2v) is 7.08. The Hall–Kier alpha value is -2.36. The van der Waals surface area contributed by atoms with Gasteiger partial charge in [0.1, 0.15) is 11.6 Å².